The molecule has 2 N–H and O–H groups in total. The van der Waals surface area contributed by atoms with E-state index in [2.05, 4.69) is 12.2 Å². The van der Waals surface area contributed by atoms with Crippen LogP contribution in [-0.2, 0) is 0 Å². The highest BCUT2D eigenvalue weighted by atomic mass is 16.3. The Kier molecular flexibility index (Phi) is 3.16. The predicted octanol–water partition coefficient (Wildman–Crippen LogP) is 0.614. The number of hydrogen-bond donors (Lipinski definition) is 2. The fourth-order valence-electron chi connectivity index (χ4n) is 1.71. The second-order valence-electron chi connectivity index (χ2n) is 3.15. The van der Waals surface area contributed by atoms with Crippen molar-refractivity contribution < 1.29 is 5.11 Å². The molecule has 60 valence electrons. The fourth-order valence-corrected chi connectivity index (χ4v) is 1.71. The third-order valence-corrected chi connectivity index (χ3v) is 2.37. The average Bonchev–Trinajstić information content (AvgIpc) is 2.36. The minimum absolute atomic E-state index is 0.359. The van der Waals surface area contributed by atoms with Crippen LogP contribution in [0.3, 0.4) is 0 Å². The summed E-state index contributed by atoms with van der Waals surface area (Å²) in [6, 6.07) is 0. The van der Waals surface area contributed by atoms with Crippen LogP contribution < -0.4 is 5.32 Å². The molecule has 1 rings (SSSR count). The zero-order valence-electron chi connectivity index (χ0n) is 6.64. The first-order valence-corrected chi connectivity index (χ1v) is 4.20. The van der Waals surface area contributed by atoms with Crippen LogP contribution in [-0.4, -0.2) is 24.8 Å². The molecule has 0 aromatic heterocycles. The summed E-state index contributed by atoms with van der Waals surface area (Å²) in [5, 5.41) is 12.2. The summed E-state index contributed by atoms with van der Waals surface area (Å²) in [6.45, 7) is 4.69. The largest absolute Gasteiger partial charge is 0.396 e. The molecule has 2 nitrogen and oxygen atoms in total. The molecule has 1 aliphatic heterocycles. The summed E-state index contributed by atoms with van der Waals surface area (Å²) in [4.78, 5) is 0. The fraction of sp³-hybridized carbons (Fsp3) is 1.00. The van der Waals surface area contributed by atoms with E-state index in [9.17, 15) is 0 Å². The molecule has 1 aliphatic rings. The van der Waals surface area contributed by atoms with Gasteiger partial charge in [0.05, 0.1) is 0 Å². The topological polar surface area (TPSA) is 32.3 Å². The van der Waals surface area contributed by atoms with Gasteiger partial charge in [-0.15, -0.1) is 0 Å². The van der Waals surface area contributed by atoms with Gasteiger partial charge in [-0.2, -0.15) is 0 Å². The third-order valence-electron chi connectivity index (χ3n) is 2.37. The van der Waals surface area contributed by atoms with Gasteiger partial charge in [0.15, 0.2) is 0 Å². The number of aliphatic hydroxyl groups is 1. The molecule has 0 amide bonds. The average molecular weight is 143 g/mol. The van der Waals surface area contributed by atoms with E-state index in [-0.39, 0.29) is 0 Å². The van der Waals surface area contributed by atoms with Gasteiger partial charge < -0.3 is 10.4 Å². The maximum Gasteiger partial charge on any atom is 0.0474 e. The predicted molar refractivity (Wildman–Crippen MR) is 41.8 cm³/mol. The molecular weight excluding hydrogens is 126 g/mol. The van der Waals surface area contributed by atoms with Crippen LogP contribution in [0.1, 0.15) is 19.8 Å². The second-order valence-corrected chi connectivity index (χ2v) is 3.15. The molecule has 0 aliphatic carbocycles. The van der Waals surface area contributed by atoms with Crippen molar-refractivity contribution in [3.8, 4) is 0 Å². The molecule has 0 aromatic carbocycles. The quantitative estimate of drug-likeness (QED) is 0.607. The summed E-state index contributed by atoms with van der Waals surface area (Å²) in [6.07, 6.45) is 2.50. The molecule has 0 aromatic rings. The lowest BCUT2D eigenvalue weighted by Crippen LogP contribution is -2.15. The van der Waals surface area contributed by atoms with Gasteiger partial charge >= 0.3 is 0 Å². The van der Waals surface area contributed by atoms with Crippen molar-refractivity contribution in [1.82, 2.24) is 5.32 Å². The van der Waals surface area contributed by atoms with E-state index in [1.165, 1.54) is 12.8 Å². The van der Waals surface area contributed by atoms with Gasteiger partial charge in [0.25, 0.3) is 0 Å². The van der Waals surface area contributed by atoms with Crippen LogP contribution in [0.4, 0.5) is 0 Å². The van der Waals surface area contributed by atoms with E-state index in [0.717, 1.165) is 19.0 Å². The van der Waals surface area contributed by atoms with Crippen LogP contribution in [0.5, 0.6) is 0 Å². The first kappa shape index (κ1) is 8.02. The molecule has 1 fully saturated rings. The highest BCUT2D eigenvalue weighted by Crippen LogP contribution is 2.20. The van der Waals surface area contributed by atoms with Crippen molar-refractivity contribution >= 4 is 0 Å². The molecule has 0 saturated carbocycles. The van der Waals surface area contributed by atoms with E-state index in [0.29, 0.717) is 12.5 Å². The van der Waals surface area contributed by atoms with Crippen molar-refractivity contribution in [2.24, 2.45) is 11.8 Å². The van der Waals surface area contributed by atoms with E-state index < -0.39 is 0 Å². The van der Waals surface area contributed by atoms with Crippen molar-refractivity contribution in [3.63, 3.8) is 0 Å². The Morgan fingerprint density at radius 3 is 2.70 bits per heavy atom. The van der Waals surface area contributed by atoms with E-state index in [1.807, 2.05) is 0 Å². The maximum atomic E-state index is 8.92. The van der Waals surface area contributed by atoms with Gasteiger partial charge in [0.1, 0.15) is 0 Å². The Labute approximate surface area is 62.6 Å². The van der Waals surface area contributed by atoms with Crippen molar-refractivity contribution in [3.05, 3.63) is 0 Å². The van der Waals surface area contributed by atoms with Crippen LogP contribution in [0.2, 0.25) is 0 Å². The minimum atomic E-state index is 0.359. The zero-order chi connectivity index (χ0) is 7.40. The molecular formula is C8H17NO. The molecule has 1 saturated heterocycles. The van der Waals surface area contributed by atoms with Crippen molar-refractivity contribution in [2.45, 2.75) is 19.8 Å². The minimum Gasteiger partial charge on any atom is -0.396 e. The second kappa shape index (κ2) is 3.94. The molecule has 0 bridgehead atoms. The van der Waals surface area contributed by atoms with Gasteiger partial charge in [-0.25, -0.2) is 0 Å². The molecule has 2 unspecified atom stereocenters. The summed E-state index contributed by atoms with van der Waals surface area (Å²) < 4.78 is 0. The first-order valence-electron chi connectivity index (χ1n) is 4.20. The summed E-state index contributed by atoms with van der Waals surface area (Å²) in [5.41, 5.74) is 0. The first-order chi connectivity index (χ1) is 4.88. The smallest absolute Gasteiger partial charge is 0.0474 e. The third kappa shape index (κ3) is 1.70. The van der Waals surface area contributed by atoms with Gasteiger partial charge in [0, 0.05) is 13.2 Å². The van der Waals surface area contributed by atoms with Crippen molar-refractivity contribution in [1.29, 1.82) is 0 Å². The Balaban J connectivity index is 2.27. The van der Waals surface area contributed by atoms with Crippen LogP contribution in [0.15, 0.2) is 0 Å². The number of nitrogens with one attached hydrogen (secondary N) is 1. The standard InChI is InChI=1S/C8H17NO/c1-2-3-7-4-9-5-8(7)6-10/h7-10H,2-6H2,1H3. The highest BCUT2D eigenvalue weighted by Gasteiger charge is 2.24. The number of aliphatic hydroxyl groups excluding tert-OH is 1. The summed E-state index contributed by atoms with van der Waals surface area (Å²) in [5.74, 6) is 1.26. The molecule has 1 heterocycles. The SMILES string of the molecule is CCCC1CNCC1CO. The van der Waals surface area contributed by atoms with E-state index >= 15 is 0 Å². The monoisotopic (exact) mass is 143 g/mol. The van der Waals surface area contributed by atoms with Crippen LogP contribution in [0, 0.1) is 11.8 Å². The van der Waals surface area contributed by atoms with Gasteiger partial charge in [0.2, 0.25) is 0 Å². The normalized spacial score (nSPS) is 33.0. The summed E-state index contributed by atoms with van der Waals surface area (Å²) in [7, 11) is 0. The lowest BCUT2D eigenvalue weighted by Gasteiger charge is -2.13. The van der Waals surface area contributed by atoms with Gasteiger partial charge in [-0.1, -0.05) is 13.3 Å². The molecule has 2 atom stereocenters. The van der Waals surface area contributed by atoms with Crippen LogP contribution in [0.25, 0.3) is 0 Å². The Hall–Kier alpha value is -0.0800. The lowest BCUT2D eigenvalue weighted by atomic mass is 9.93. The molecule has 2 heteroatoms. The van der Waals surface area contributed by atoms with Crippen molar-refractivity contribution in [2.75, 3.05) is 19.7 Å². The van der Waals surface area contributed by atoms with E-state index in [1.54, 1.807) is 0 Å². The maximum absolute atomic E-state index is 8.92. The molecule has 10 heavy (non-hydrogen) atoms. The zero-order valence-corrected chi connectivity index (χ0v) is 6.64. The van der Waals surface area contributed by atoms with Crippen LogP contribution >= 0.6 is 0 Å². The Morgan fingerprint density at radius 1 is 1.40 bits per heavy atom. The Morgan fingerprint density at radius 2 is 2.10 bits per heavy atom. The molecule has 0 radical (unpaired) electrons. The number of rotatable bonds is 3. The van der Waals surface area contributed by atoms with E-state index in [4.69, 9.17) is 5.11 Å². The number of hydrogen-bond acceptors (Lipinski definition) is 2. The lowest BCUT2D eigenvalue weighted by molar-refractivity contribution is 0.200. The van der Waals surface area contributed by atoms with Gasteiger partial charge in [-0.3, -0.25) is 0 Å². The molecule has 0 spiro atoms. The highest BCUT2D eigenvalue weighted by molar-refractivity contribution is 4.79. The Bertz CT molecular complexity index is 95.3. The van der Waals surface area contributed by atoms with Gasteiger partial charge in [-0.05, 0) is 24.8 Å². The summed E-state index contributed by atoms with van der Waals surface area (Å²) >= 11 is 0.